The first kappa shape index (κ1) is 14.1. The van der Waals surface area contributed by atoms with Crippen LogP contribution in [0.4, 0.5) is 0 Å². The van der Waals surface area contributed by atoms with E-state index in [-0.39, 0.29) is 11.7 Å². The topological polar surface area (TPSA) is 54.5 Å². The van der Waals surface area contributed by atoms with Crippen LogP contribution < -0.4 is 0 Å². The van der Waals surface area contributed by atoms with Crippen molar-refractivity contribution in [1.29, 1.82) is 0 Å². The van der Waals surface area contributed by atoms with Crippen LogP contribution in [0.2, 0.25) is 0 Å². The fourth-order valence-electron chi connectivity index (χ4n) is 2.86. The van der Waals surface area contributed by atoms with Gasteiger partial charge in [-0.15, -0.1) is 11.6 Å². The lowest BCUT2D eigenvalue weighted by Crippen LogP contribution is -2.44. The summed E-state index contributed by atoms with van der Waals surface area (Å²) in [6.45, 7) is 1.37. The average Bonchev–Trinajstić information content (AvgIpc) is 2.77. The SMILES string of the molecule is O=C(C1CCCCS1(=O)=O)N1CCC(CCCl)C1. The molecular weight excluding hydrogens is 274 g/mol. The molecule has 0 N–H and O–H groups in total. The number of carbonyl (C=O) groups is 1. The standard InChI is InChI=1S/C12H20ClNO3S/c13-6-4-10-5-7-14(9-10)12(15)11-3-1-2-8-18(11,16)17/h10-11H,1-9H2. The summed E-state index contributed by atoms with van der Waals surface area (Å²) in [5, 5.41) is -0.777. The third-order valence-corrected chi connectivity index (χ3v) is 6.35. The molecule has 0 saturated carbocycles. The number of rotatable bonds is 3. The average molecular weight is 294 g/mol. The predicted octanol–water partition coefficient (Wildman–Crippen LogP) is 1.43. The number of hydrogen-bond donors (Lipinski definition) is 0. The van der Waals surface area contributed by atoms with Gasteiger partial charge in [-0.25, -0.2) is 8.42 Å². The molecule has 0 radical (unpaired) electrons. The number of halogens is 1. The van der Waals surface area contributed by atoms with Crippen molar-refractivity contribution in [3.8, 4) is 0 Å². The first-order chi connectivity index (χ1) is 8.54. The number of sulfone groups is 1. The van der Waals surface area contributed by atoms with Gasteiger partial charge in [0.05, 0.1) is 5.75 Å². The van der Waals surface area contributed by atoms with Crippen LogP contribution in [0.25, 0.3) is 0 Å². The van der Waals surface area contributed by atoms with Crippen molar-refractivity contribution in [3.63, 3.8) is 0 Å². The lowest BCUT2D eigenvalue weighted by molar-refractivity contribution is -0.130. The maximum Gasteiger partial charge on any atom is 0.240 e. The summed E-state index contributed by atoms with van der Waals surface area (Å²) in [4.78, 5) is 14.0. The van der Waals surface area contributed by atoms with Gasteiger partial charge in [-0.1, -0.05) is 6.42 Å². The molecule has 2 rings (SSSR count). The summed E-state index contributed by atoms with van der Waals surface area (Å²) in [5.41, 5.74) is 0. The molecule has 1 amide bonds. The molecule has 2 fully saturated rings. The van der Waals surface area contributed by atoms with Crippen molar-refractivity contribution in [2.24, 2.45) is 5.92 Å². The lowest BCUT2D eigenvalue weighted by atomic mass is 10.1. The fourth-order valence-corrected chi connectivity index (χ4v) is 5.04. The van der Waals surface area contributed by atoms with Crippen molar-refractivity contribution in [3.05, 3.63) is 0 Å². The van der Waals surface area contributed by atoms with Crippen LogP contribution in [-0.2, 0) is 14.6 Å². The zero-order valence-electron chi connectivity index (χ0n) is 10.5. The van der Waals surface area contributed by atoms with Crippen molar-refractivity contribution >= 4 is 27.3 Å². The van der Waals surface area contributed by atoms with Crippen LogP contribution in [0.3, 0.4) is 0 Å². The van der Waals surface area contributed by atoms with Gasteiger partial charge >= 0.3 is 0 Å². The van der Waals surface area contributed by atoms with Crippen LogP contribution >= 0.6 is 11.6 Å². The first-order valence-corrected chi connectivity index (χ1v) is 8.86. The third kappa shape index (κ3) is 2.99. The summed E-state index contributed by atoms with van der Waals surface area (Å²) >= 11 is 5.70. The second-order valence-electron chi connectivity index (χ2n) is 5.27. The van der Waals surface area contributed by atoms with E-state index in [9.17, 15) is 13.2 Å². The molecule has 0 spiro atoms. The van der Waals surface area contributed by atoms with Crippen molar-refractivity contribution in [2.75, 3.05) is 24.7 Å². The molecule has 2 unspecified atom stereocenters. The molecule has 0 aromatic carbocycles. The zero-order chi connectivity index (χ0) is 13.2. The van der Waals surface area contributed by atoms with Gasteiger partial charge in [-0.05, 0) is 31.6 Å². The second kappa shape index (κ2) is 5.78. The van der Waals surface area contributed by atoms with Gasteiger partial charge in [-0.3, -0.25) is 4.79 Å². The van der Waals surface area contributed by atoms with E-state index >= 15 is 0 Å². The maximum atomic E-state index is 12.3. The van der Waals surface area contributed by atoms with E-state index in [1.165, 1.54) is 0 Å². The fraction of sp³-hybridized carbons (Fsp3) is 0.917. The Labute approximate surface area is 114 Å². The highest BCUT2D eigenvalue weighted by atomic mass is 35.5. The van der Waals surface area contributed by atoms with Gasteiger partial charge in [0.2, 0.25) is 5.91 Å². The molecule has 0 bridgehead atoms. The molecule has 2 atom stereocenters. The van der Waals surface area contributed by atoms with Crippen molar-refractivity contribution in [1.82, 2.24) is 4.90 Å². The number of nitrogens with zero attached hydrogens (tertiary/aromatic N) is 1. The van der Waals surface area contributed by atoms with Crippen LogP contribution in [0, 0.1) is 5.92 Å². The normalized spacial score (nSPS) is 31.5. The Balaban J connectivity index is 1.99. The molecule has 104 valence electrons. The maximum absolute atomic E-state index is 12.3. The largest absolute Gasteiger partial charge is 0.341 e. The molecule has 0 aromatic heterocycles. The molecule has 6 heteroatoms. The van der Waals surface area contributed by atoms with Crippen molar-refractivity contribution < 1.29 is 13.2 Å². The Morgan fingerprint density at radius 3 is 2.72 bits per heavy atom. The summed E-state index contributed by atoms with van der Waals surface area (Å²) in [6, 6.07) is 0. The number of alkyl halides is 1. The Bertz CT molecular complexity index is 410. The monoisotopic (exact) mass is 293 g/mol. The van der Waals surface area contributed by atoms with Gasteiger partial charge in [0.25, 0.3) is 0 Å². The highest BCUT2D eigenvalue weighted by molar-refractivity contribution is 7.92. The quantitative estimate of drug-likeness (QED) is 0.740. The zero-order valence-corrected chi connectivity index (χ0v) is 12.0. The van der Waals surface area contributed by atoms with Gasteiger partial charge in [0.15, 0.2) is 9.84 Å². The highest BCUT2D eigenvalue weighted by Crippen LogP contribution is 2.26. The Kier molecular flexibility index (Phi) is 4.54. The van der Waals surface area contributed by atoms with Gasteiger partial charge in [0.1, 0.15) is 5.25 Å². The van der Waals surface area contributed by atoms with E-state index in [1.807, 2.05) is 0 Å². The molecule has 4 nitrogen and oxygen atoms in total. The smallest absolute Gasteiger partial charge is 0.240 e. The van der Waals surface area contributed by atoms with Gasteiger partial charge in [0, 0.05) is 19.0 Å². The number of hydrogen-bond acceptors (Lipinski definition) is 3. The summed E-state index contributed by atoms with van der Waals surface area (Å²) in [6.07, 6.45) is 3.89. The van der Waals surface area contributed by atoms with Gasteiger partial charge < -0.3 is 4.90 Å². The van der Waals surface area contributed by atoms with Crippen LogP contribution in [0.1, 0.15) is 32.1 Å². The minimum absolute atomic E-state index is 0.169. The molecule has 2 heterocycles. The molecule has 0 aromatic rings. The van der Waals surface area contributed by atoms with Crippen LogP contribution in [-0.4, -0.2) is 49.2 Å². The first-order valence-electron chi connectivity index (χ1n) is 6.61. The minimum Gasteiger partial charge on any atom is -0.341 e. The Hall–Kier alpha value is -0.290. The Morgan fingerprint density at radius 1 is 1.28 bits per heavy atom. The van der Waals surface area contributed by atoms with E-state index in [4.69, 9.17) is 11.6 Å². The summed E-state index contributed by atoms with van der Waals surface area (Å²) in [7, 11) is -3.21. The number of carbonyl (C=O) groups excluding carboxylic acids is 1. The van der Waals surface area contributed by atoms with Crippen LogP contribution in [0.15, 0.2) is 0 Å². The van der Waals surface area contributed by atoms with E-state index < -0.39 is 15.1 Å². The summed E-state index contributed by atoms with van der Waals surface area (Å²) in [5.74, 6) is 1.04. The molecular formula is C12H20ClNO3S. The number of amides is 1. The Morgan fingerprint density at radius 2 is 2.06 bits per heavy atom. The molecule has 2 aliphatic heterocycles. The second-order valence-corrected chi connectivity index (χ2v) is 7.95. The van der Waals surface area contributed by atoms with E-state index in [2.05, 4.69) is 0 Å². The van der Waals surface area contributed by atoms with E-state index in [1.54, 1.807) is 4.90 Å². The number of likely N-dealkylation sites (tertiary alicyclic amines) is 1. The predicted molar refractivity (Wildman–Crippen MR) is 71.4 cm³/mol. The van der Waals surface area contributed by atoms with E-state index in [0.717, 1.165) is 19.3 Å². The van der Waals surface area contributed by atoms with Crippen LogP contribution in [0.5, 0.6) is 0 Å². The third-order valence-electron chi connectivity index (χ3n) is 3.97. The van der Waals surface area contributed by atoms with E-state index in [0.29, 0.717) is 37.7 Å². The molecule has 18 heavy (non-hydrogen) atoms. The van der Waals surface area contributed by atoms with Crippen molar-refractivity contribution in [2.45, 2.75) is 37.4 Å². The lowest BCUT2D eigenvalue weighted by Gasteiger charge is -2.26. The van der Waals surface area contributed by atoms with Gasteiger partial charge in [-0.2, -0.15) is 0 Å². The molecule has 0 aliphatic carbocycles. The summed E-state index contributed by atoms with van der Waals surface area (Å²) < 4.78 is 23.8. The highest BCUT2D eigenvalue weighted by Gasteiger charge is 2.39. The molecule has 2 aliphatic rings. The minimum atomic E-state index is -3.21. The molecule has 2 saturated heterocycles.